The van der Waals surface area contributed by atoms with Gasteiger partial charge in [-0.15, -0.1) is 0 Å². The molecule has 1 aromatic rings. The zero-order chi connectivity index (χ0) is 16.4. The molecule has 1 spiro atoms. The predicted octanol–water partition coefficient (Wildman–Crippen LogP) is 2.45. The summed E-state index contributed by atoms with van der Waals surface area (Å²) in [7, 11) is 0. The van der Waals surface area contributed by atoms with E-state index in [-0.39, 0.29) is 23.4 Å². The Morgan fingerprint density at radius 1 is 1.43 bits per heavy atom. The van der Waals surface area contributed by atoms with Crippen molar-refractivity contribution in [3.05, 3.63) is 35.1 Å². The Morgan fingerprint density at radius 3 is 2.78 bits per heavy atom. The highest BCUT2D eigenvalue weighted by Crippen LogP contribution is 2.51. The average Bonchev–Trinajstić information content (AvgIpc) is 2.57. The van der Waals surface area contributed by atoms with Crippen molar-refractivity contribution in [2.24, 2.45) is 5.41 Å². The molecule has 2 atom stereocenters. The SMILES string of the molecule is CCOC1CC(O)C12CCN(Cc1ccc(F)cc1C#N)CC2. The molecule has 5 heteroatoms. The van der Waals surface area contributed by atoms with E-state index in [4.69, 9.17) is 10.00 Å². The lowest BCUT2D eigenvalue weighted by molar-refractivity contribution is -0.209. The number of hydrogen-bond donors (Lipinski definition) is 1. The second kappa shape index (κ2) is 6.56. The number of likely N-dealkylation sites (tertiary alicyclic amines) is 1. The Kier molecular flexibility index (Phi) is 4.67. The van der Waals surface area contributed by atoms with Gasteiger partial charge in [0, 0.05) is 25.0 Å². The van der Waals surface area contributed by atoms with Crippen molar-refractivity contribution in [1.82, 2.24) is 4.90 Å². The van der Waals surface area contributed by atoms with Crippen molar-refractivity contribution in [3.8, 4) is 6.07 Å². The molecule has 0 aromatic heterocycles. The van der Waals surface area contributed by atoms with Gasteiger partial charge in [0.25, 0.3) is 0 Å². The number of ether oxygens (including phenoxy) is 1. The first-order valence-corrected chi connectivity index (χ1v) is 8.29. The van der Waals surface area contributed by atoms with Gasteiger partial charge in [-0.1, -0.05) is 6.07 Å². The fourth-order valence-corrected chi connectivity index (χ4v) is 3.98. The minimum atomic E-state index is -0.375. The van der Waals surface area contributed by atoms with Gasteiger partial charge in [0.2, 0.25) is 0 Å². The molecule has 0 radical (unpaired) electrons. The lowest BCUT2D eigenvalue weighted by Gasteiger charge is -2.56. The summed E-state index contributed by atoms with van der Waals surface area (Å²) < 4.78 is 19.0. The summed E-state index contributed by atoms with van der Waals surface area (Å²) in [6.07, 6.45) is 2.46. The standard InChI is InChI=1S/C18H23FN2O2/c1-2-23-17-10-16(22)18(17)5-7-21(8-6-18)12-13-3-4-15(19)9-14(13)11-20/h3-4,9,16-17,22H,2,5-8,10,12H2,1H3. The maximum atomic E-state index is 13.2. The zero-order valence-electron chi connectivity index (χ0n) is 13.5. The highest BCUT2D eigenvalue weighted by Gasteiger charge is 2.55. The number of nitriles is 1. The zero-order valence-corrected chi connectivity index (χ0v) is 13.5. The van der Waals surface area contributed by atoms with Crippen molar-refractivity contribution in [3.63, 3.8) is 0 Å². The van der Waals surface area contributed by atoms with Crippen LogP contribution < -0.4 is 0 Å². The van der Waals surface area contributed by atoms with Crippen molar-refractivity contribution >= 4 is 0 Å². The van der Waals surface area contributed by atoms with Gasteiger partial charge in [0.05, 0.1) is 23.8 Å². The third-order valence-electron chi connectivity index (χ3n) is 5.48. The van der Waals surface area contributed by atoms with Gasteiger partial charge in [-0.3, -0.25) is 4.90 Å². The third kappa shape index (κ3) is 2.99. The number of rotatable bonds is 4. The van der Waals surface area contributed by atoms with Crippen molar-refractivity contribution in [1.29, 1.82) is 5.26 Å². The van der Waals surface area contributed by atoms with Gasteiger partial charge in [0.15, 0.2) is 0 Å². The molecule has 0 amide bonds. The van der Waals surface area contributed by atoms with Crippen LogP contribution in [0.15, 0.2) is 18.2 Å². The van der Waals surface area contributed by atoms with Crippen LogP contribution in [0.4, 0.5) is 4.39 Å². The van der Waals surface area contributed by atoms with E-state index in [2.05, 4.69) is 11.0 Å². The van der Waals surface area contributed by atoms with Crippen LogP contribution in [0.1, 0.15) is 37.3 Å². The molecule has 1 saturated heterocycles. The van der Waals surface area contributed by atoms with E-state index < -0.39 is 0 Å². The summed E-state index contributed by atoms with van der Waals surface area (Å²) in [6, 6.07) is 6.46. The lowest BCUT2D eigenvalue weighted by Crippen LogP contribution is -2.62. The maximum absolute atomic E-state index is 13.2. The van der Waals surface area contributed by atoms with Gasteiger partial charge < -0.3 is 9.84 Å². The Labute approximate surface area is 136 Å². The Balaban J connectivity index is 1.63. The normalized spacial score (nSPS) is 26.7. The van der Waals surface area contributed by atoms with Crippen molar-refractivity contribution < 1.29 is 14.2 Å². The van der Waals surface area contributed by atoms with E-state index in [1.54, 1.807) is 6.07 Å². The lowest BCUT2D eigenvalue weighted by atomic mass is 9.58. The fraction of sp³-hybridized carbons (Fsp3) is 0.611. The highest BCUT2D eigenvalue weighted by atomic mass is 19.1. The summed E-state index contributed by atoms with van der Waals surface area (Å²) in [4.78, 5) is 2.27. The molecule has 2 aliphatic rings. The Hall–Kier alpha value is -1.48. The molecule has 1 aliphatic heterocycles. The molecule has 0 bridgehead atoms. The number of aliphatic hydroxyl groups is 1. The van der Waals surface area contributed by atoms with E-state index in [0.29, 0.717) is 18.7 Å². The van der Waals surface area contributed by atoms with Crippen molar-refractivity contribution in [2.75, 3.05) is 19.7 Å². The average molecular weight is 318 g/mol. The predicted molar refractivity (Wildman–Crippen MR) is 84.1 cm³/mol. The minimum absolute atomic E-state index is 0.0899. The van der Waals surface area contributed by atoms with Gasteiger partial charge in [0.1, 0.15) is 5.82 Å². The van der Waals surface area contributed by atoms with E-state index in [9.17, 15) is 9.50 Å². The summed E-state index contributed by atoms with van der Waals surface area (Å²) in [5, 5.41) is 19.4. The maximum Gasteiger partial charge on any atom is 0.124 e. The molecular weight excluding hydrogens is 295 g/mol. The summed E-state index contributed by atoms with van der Waals surface area (Å²) in [5.74, 6) is -0.375. The second-order valence-electron chi connectivity index (χ2n) is 6.62. The molecule has 1 heterocycles. The molecule has 23 heavy (non-hydrogen) atoms. The molecule has 124 valence electrons. The number of piperidine rings is 1. The number of halogens is 1. The molecule has 1 aliphatic carbocycles. The molecule has 2 fully saturated rings. The largest absolute Gasteiger partial charge is 0.392 e. The fourth-order valence-electron chi connectivity index (χ4n) is 3.98. The van der Waals surface area contributed by atoms with Crippen LogP contribution >= 0.6 is 0 Å². The smallest absolute Gasteiger partial charge is 0.124 e. The van der Waals surface area contributed by atoms with Crippen LogP contribution in [0.2, 0.25) is 0 Å². The van der Waals surface area contributed by atoms with E-state index in [1.807, 2.05) is 6.92 Å². The molecule has 3 rings (SSSR count). The van der Waals surface area contributed by atoms with E-state index in [1.165, 1.54) is 12.1 Å². The molecular formula is C18H23FN2O2. The first-order valence-electron chi connectivity index (χ1n) is 8.29. The van der Waals surface area contributed by atoms with Crippen LogP contribution in [-0.2, 0) is 11.3 Å². The quantitative estimate of drug-likeness (QED) is 0.926. The molecule has 1 saturated carbocycles. The monoisotopic (exact) mass is 318 g/mol. The topological polar surface area (TPSA) is 56.5 Å². The Morgan fingerprint density at radius 2 is 2.17 bits per heavy atom. The molecule has 1 N–H and O–H groups in total. The first-order chi connectivity index (χ1) is 11.1. The van der Waals surface area contributed by atoms with Crippen LogP contribution in [0.3, 0.4) is 0 Å². The number of hydrogen-bond acceptors (Lipinski definition) is 4. The summed E-state index contributed by atoms with van der Waals surface area (Å²) in [6.45, 7) is 5.05. The van der Waals surface area contributed by atoms with Gasteiger partial charge >= 0.3 is 0 Å². The number of nitrogens with zero attached hydrogens (tertiary/aromatic N) is 2. The second-order valence-corrected chi connectivity index (χ2v) is 6.62. The molecule has 2 unspecified atom stereocenters. The van der Waals surface area contributed by atoms with Gasteiger partial charge in [-0.05, 0) is 50.6 Å². The third-order valence-corrected chi connectivity index (χ3v) is 5.48. The van der Waals surface area contributed by atoms with Crippen LogP contribution in [0, 0.1) is 22.6 Å². The van der Waals surface area contributed by atoms with Gasteiger partial charge in [-0.2, -0.15) is 5.26 Å². The van der Waals surface area contributed by atoms with Crippen molar-refractivity contribution in [2.45, 2.75) is 44.9 Å². The van der Waals surface area contributed by atoms with Crippen LogP contribution in [-0.4, -0.2) is 41.9 Å². The van der Waals surface area contributed by atoms with Gasteiger partial charge in [-0.25, -0.2) is 4.39 Å². The first kappa shape index (κ1) is 16.4. The number of benzene rings is 1. The van der Waals surface area contributed by atoms with E-state index in [0.717, 1.165) is 37.9 Å². The molecule has 1 aromatic carbocycles. The number of aliphatic hydroxyl groups excluding tert-OH is 1. The van der Waals surface area contributed by atoms with E-state index >= 15 is 0 Å². The summed E-state index contributed by atoms with van der Waals surface area (Å²) >= 11 is 0. The highest BCUT2D eigenvalue weighted by molar-refractivity contribution is 5.37. The summed E-state index contributed by atoms with van der Waals surface area (Å²) in [5.41, 5.74) is 1.18. The molecule has 4 nitrogen and oxygen atoms in total. The van der Waals surface area contributed by atoms with Crippen LogP contribution in [0.5, 0.6) is 0 Å². The Bertz CT molecular complexity index is 604. The minimum Gasteiger partial charge on any atom is -0.392 e. The van der Waals surface area contributed by atoms with Crippen LogP contribution in [0.25, 0.3) is 0 Å².